The van der Waals surface area contributed by atoms with Gasteiger partial charge in [0.25, 0.3) is 5.91 Å². The van der Waals surface area contributed by atoms with Crippen molar-refractivity contribution in [1.29, 1.82) is 0 Å². The number of unbranched alkanes of at least 4 members (excludes halogenated alkanes) is 1. The maximum Gasteiger partial charge on any atom is 0.404 e. The van der Waals surface area contributed by atoms with Crippen LogP contribution >= 0.6 is 0 Å². The van der Waals surface area contributed by atoms with Gasteiger partial charge in [0, 0.05) is 23.6 Å². The van der Waals surface area contributed by atoms with E-state index in [9.17, 15) is 29.1 Å². The van der Waals surface area contributed by atoms with Gasteiger partial charge in [-0.25, -0.2) is 4.79 Å². The standard InChI is InChI=1S/C33H44N8O7/c34-29(43)28(42)25(12-6-7-15-36-33(47)48)37-31(45)27-18-24(39-40-35)19-41(27)32(46)26(16-20-8-2-1-3-9-20)38-30(44)23-14-13-21-10-4-5-11-22(21)17-23/h4-5,10-11,13-14,17,20,24-28,36,42H,1-3,6-9,12,15-16,18-19H2,(H2,34,43)(H,37,45)(H,38,44)(H,47,48)/t24-,25?,26-,27+,28?/m1/s1. The molecule has 2 aromatic carbocycles. The van der Waals surface area contributed by atoms with Crippen molar-refractivity contribution < 1.29 is 34.2 Å². The van der Waals surface area contributed by atoms with Gasteiger partial charge in [-0.2, -0.15) is 0 Å². The number of hydrogen-bond acceptors (Lipinski definition) is 7. The molecule has 5 amide bonds. The van der Waals surface area contributed by atoms with Crippen molar-refractivity contribution in [3.05, 3.63) is 58.5 Å². The molecular formula is C33H44N8O7. The van der Waals surface area contributed by atoms with Crippen LogP contribution in [0, 0.1) is 5.92 Å². The molecule has 15 heteroatoms. The summed E-state index contributed by atoms with van der Waals surface area (Å²) >= 11 is 0. The zero-order valence-corrected chi connectivity index (χ0v) is 26.8. The minimum absolute atomic E-state index is 0.00167. The maximum absolute atomic E-state index is 14.3. The van der Waals surface area contributed by atoms with Gasteiger partial charge < -0.3 is 36.8 Å². The Labute approximate surface area is 278 Å². The summed E-state index contributed by atoms with van der Waals surface area (Å²) in [7, 11) is 0. The van der Waals surface area contributed by atoms with E-state index in [4.69, 9.17) is 16.4 Å². The van der Waals surface area contributed by atoms with Gasteiger partial charge in [0.05, 0.1) is 12.1 Å². The fourth-order valence-corrected chi connectivity index (χ4v) is 6.68. The van der Waals surface area contributed by atoms with E-state index in [2.05, 4.69) is 26.0 Å². The number of fused-ring (bicyclic) bond motifs is 1. The Morgan fingerprint density at radius 1 is 1.02 bits per heavy atom. The summed E-state index contributed by atoms with van der Waals surface area (Å²) in [6, 6.07) is 9.02. The summed E-state index contributed by atoms with van der Waals surface area (Å²) < 4.78 is 0. The van der Waals surface area contributed by atoms with Crippen molar-refractivity contribution in [1.82, 2.24) is 20.9 Å². The molecule has 258 valence electrons. The quantitative estimate of drug-likeness (QED) is 0.0719. The number of benzene rings is 2. The van der Waals surface area contributed by atoms with Gasteiger partial charge in [0.2, 0.25) is 17.7 Å². The average molecular weight is 665 g/mol. The van der Waals surface area contributed by atoms with Crippen LogP contribution < -0.4 is 21.7 Å². The predicted octanol–water partition coefficient (Wildman–Crippen LogP) is 2.96. The first-order valence-electron chi connectivity index (χ1n) is 16.5. The van der Waals surface area contributed by atoms with Gasteiger partial charge in [0.1, 0.15) is 12.1 Å². The first-order chi connectivity index (χ1) is 23.1. The second-order valence-electron chi connectivity index (χ2n) is 12.6. The number of nitrogens with two attached hydrogens (primary N) is 1. The summed E-state index contributed by atoms with van der Waals surface area (Å²) in [5.74, 6) is -2.46. The molecule has 2 fully saturated rings. The zero-order valence-electron chi connectivity index (χ0n) is 26.8. The molecule has 2 aliphatic rings. The lowest BCUT2D eigenvalue weighted by Gasteiger charge is -2.32. The smallest absolute Gasteiger partial charge is 0.404 e. The Balaban J connectivity index is 1.54. The van der Waals surface area contributed by atoms with E-state index in [1.54, 1.807) is 12.1 Å². The first kappa shape index (κ1) is 36.0. The fraction of sp³-hybridized carbons (Fsp3) is 0.545. The molecule has 1 saturated carbocycles. The van der Waals surface area contributed by atoms with Crippen LogP contribution in [0.3, 0.4) is 0 Å². The third kappa shape index (κ3) is 9.81. The molecule has 1 heterocycles. The number of amides is 5. The monoisotopic (exact) mass is 664 g/mol. The Kier molecular flexibility index (Phi) is 13.0. The van der Waals surface area contributed by atoms with Crippen molar-refractivity contribution >= 4 is 40.5 Å². The molecule has 7 N–H and O–H groups in total. The molecular weight excluding hydrogens is 620 g/mol. The number of azide groups is 1. The number of likely N-dealkylation sites (tertiary alicyclic amines) is 1. The lowest BCUT2D eigenvalue weighted by molar-refractivity contribution is -0.141. The fourth-order valence-electron chi connectivity index (χ4n) is 6.68. The number of hydrogen-bond donors (Lipinski definition) is 6. The van der Waals surface area contributed by atoms with Crippen molar-refractivity contribution in [3.8, 4) is 0 Å². The van der Waals surface area contributed by atoms with Crippen LogP contribution in [-0.2, 0) is 14.4 Å². The summed E-state index contributed by atoms with van der Waals surface area (Å²) in [6.45, 7) is 0.0760. The SMILES string of the molecule is [N-]=[N+]=N[C@@H]1C[C@@H](C(=O)NC(CCCCNC(=O)O)C(O)C(N)=O)N(C(=O)[C@@H](CC2CCCCC2)NC(=O)c2ccc3ccccc3c2)C1. The van der Waals surface area contributed by atoms with E-state index in [1.165, 1.54) is 4.90 Å². The first-order valence-corrected chi connectivity index (χ1v) is 16.5. The van der Waals surface area contributed by atoms with Crippen LogP contribution in [0.1, 0.15) is 74.6 Å². The molecule has 0 aromatic heterocycles. The number of carboxylic acid groups (broad SMARTS) is 1. The minimum Gasteiger partial charge on any atom is -0.465 e. The molecule has 5 atom stereocenters. The van der Waals surface area contributed by atoms with E-state index >= 15 is 0 Å². The van der Waals surface area contributed by atoms with E-state index in [-0.39, 0.29) is 31.8 Å². The molecule has 4 rings (SSSR count). The van der Waals surface area contributed by atoms with Crippen molar-refractivity contribution in [2.45, 2.75) is 94.5 Å². The number of aliphatic hydroxyl groups excluding tert-OH is 1. The summed E-state index contributed by atoms with van der Waals surface area (Å²) in [5, 5.41) is 32.7. The number of nitrogens with one attached hydrogen (secondary N) is 3. The lowest BCUT2D eigenvalue weighted by atomic mass is 9.84. The van der Waals surface area contributed by atoms with Crippen LogP contribution in [0.25, 0.3) is 21.2 Å². The Morgan fingerprint density at radius 3 is 2.44 bits per heavy atom. The topological polar surface area (TPSA) is 240 Å². The molecule has 2 unspecified atom stereocenters. The molecule has 1 aliphatic heterocycles. The molecule has 1 saturated heterocycles. The van der Waals surface area contributed by atoms with E-state index in [0.717, 1.165) is 42.9 Å². The van der Waals surface area contributed by atoms with Gasteiger partial charge in [-0.05, 0) is 66.5 Å². The summed E-state index contributed by atoms with van der Waals surface area (Å²) in [5.41, 5.74) is 14.9. The van der Waals surface area contributed by atoms with Crippen LogP contribution in [-0.4, -0.2) is 88.2 Å². The van der Waals surface area contributed by atoms with E-state index in [1.807, 2.05) is 30.3 Å². The molecule has 0 bridgehead atoms. The maximum atomic E-state index is 14.3. The summed E-state index contributed by atoms with van der Waals surface area (Å²) in [4.78, 5) is 68.4. The molecule has 1 aliphatic carbocycles. The molecule has 0 spiro atoms. The van der Waals surface area contributed by atoms with E-state index < -0.39 is 60.0 Å². The van der Waals surface area contributed by atoms with Crippen molar-refractivity contribution in [3.63, 3.8) is 0 Å². The highest BCUT2D eigenvalue weighted by Gasteiger charge is 2.43. The average Bonchev–Trinajstić information content (AvgIpc) is 3.50. The molecule has 15 nitrogen and oxygen atoms in total. The van der Waals surface area contributed by atoms with Crippen LogP contribution in [0.15, 0.2) is 47.6 Å². The zero-order chi connectivity index (χ0) is 34.6. The highest BCUT2D eigenvalue weighted by molar-refractivity contribution is 6.01. The molecule has 2 aromatic rings. The molecule has 0 radical (unpaired) electrons. The highest BCUT2D eigenvalue weighted by Crippen LogP contribution is 2.30. The van der Waals surface area contributed by atoms with Crippen LogP contribution in [0.4, 0.5) is 4.79 Å². The Hall–Kier alpha value is -4.88. The van der Waals surface area contributed by atoms with Crippen molar-refractivity contribution in [2.24, 2.45) is 16.8 Å². The number of primary amides is 1. The van der Waals surface area contributed by atoms with Gasteiger partial charge in [-0.3, -0.25) is 19.2 Å². The number of carbonyl (C=O) groups excluding carboxylic acids is 4. The van der Waals surface area contributed by atoms with Gasteiger partial charge in [-0.1, -0.05) is 67.6 Å². The lowest BCUT2D eigenvalue weighted by Crippen LogP contribution is -2.57. The predicted molar refractivity (Wildman–Crippen MR) is 176 cm³/mol. The minimum atomic E-state index is -1.74. The number of carbonyl (C=O) groups is 5. The second-order valence-corrected chi connectivity index (χ2v) is 12.6. The Bertz CT molecular complexity index is 1520. The Morgan fingerprint density at radius 2 is 1.75 bits per heavy atom. The van der Waals surface area contributed by atoms with Gasteiger partial charge in [-0.15, -0.1) is 0 Å². The third-order valence-corrected chi connectivity index (χ3v) is 9.21. The highest BCUT2D eigenvalue weighted by atomic mass is 16.4. The van der Waals surface area contributed by atoms with Crippen molar-refractivity contribution in [2.75, 3.05) is 13.1 Å². The van der Waals surface area contributed by atoms with Gasteiger partial charge in [0.15, 0.2) is 6.10 Å². The third-order valence-electron chi connectivity index (χ3n) is 9.21. The normalized spacial score (nSPS) is 19.8. The second kappa shape index (κ2) is 17.3. The van der Waals surface area contributed by atoms with Gasteiger partial charge >= 0.3 is 6.09 Å². The van der Waals surface area contributed by atoms with E-state index in [0.29, 0.717) is 24.8 Å². The van der Waals surface area contributed by atoms with Crippen LogP contribution in [0.2, 0.25) is 0 Å². The number of aliphatic hydroxyl groups is 1. The van der Waals surface area contributed by atoms with Crippen LogP contribution in [0.5, 0.6) is 0 Å². The molecule has 48 heavy (non-hydrogen) atoms. The summed E-state index contributed by atoms with van der Waals surface area (Å²) in [6.07, 6.45) is 3.24. The number of nitrogens with zero attached hydrogens (tertiary/aromatic N) is 4. The number of rotatable bonds is 15. The largest absolute Gasteiger partial charge is 0.465 e.